The van der Waals surface area contributed by atoms with Gasteiger partial charge in [-0.15, -0.1) is 0 Å². The molecule has 0 aromatic heterocycles. The first-order valence-electron chi connectivity index (χ1n) is 5.64. The molecule has 1 saturated carbocycles. The molecule has 0 spiro atoms. The number of hydrogen-bond donors (Lipinski definition) is 1. The SMILES string of the molecule is CC(C)(C)OC(=O)[C@]1(C)CC[C@@H](O)CC1. The quantitative estimate of drug-likeness (QED) is 0.681. The van der Waals surface area contributed by atoms with E-state index in [1.807, 2.05) is 27.7 Å². The fourth-order valence-electron chi connectivity index (χ4n) is 1.85. The third-order valence-corrected chi connectivity index (χ3v) is 2.95. The largest absolute Gasteiger partial charge is 0.460 e. The van der Waals surface area contributed by atoms with Gasteiger partial charge in [-0.05, 0) is 53.4 Å². The number of rotatable bonds is 1. The molecule has 0 aliphatic heterocycles. The van der Waals surface area contributed by atoms with Crippen molar-refractivity contribution < 1.29 is 14.6 Å². The van der Waals surface area contributed by atoms with Crippen LogP contribution in [0.4, 0.5) is 0 Å². The number of carbonyl (C=O) groups excluding carboxylic acids is 1. The van der Waals surface area contributed by atoms with Crippen LogP contribution in [0.5, 0.6) is 0 Å². The van der Waals surface area contributed by atoms with Crippen molar-refractivity contribution in [1.82, 2.24) is 0 Å². The third kappa shape index (κ3) is 3.49. The Morgan fingerprint density at radius 1 is 1.33 bits per heavy atom. The van der Waals surface area contributed by atoms with Crippen molar-refractivity contribution in [2.75, 3.05) is 0 Å². The molecule has 0 heterocycles. The van der Waals surface area contributed by atoms with Gasteiger partial charge >= 0.3 is 5.97 Å². The average molecular weight is 214 g/mol. The van der Waals surface area contributed by atoms with Crippen LogP contribution in [-0.2, 0) is 9.53 Å². The summed E-state index contributed by atoms with van der Waals surface area (Å²) in [4.78, 5) is 11.9. The maximum Gasteiger partial charge on any atom is 0.312 e. The summed E-state index contributed by atoms with van der Waals surface area (Å²) in [6.07, 6.45) is 2.62. The highest BCUT2D eigenvalue weighted by Gasteiger charge is 2.39. The van der Waals surface area contributed by atoms with Crippen molar-refractivity contribution >= 4 is 5.97 Å². The molecular formula is C12H22O3. The Morgan fingerprint density at radius 2 is 1.80 bits per heavy atom. The Balaban J connectivity index is 2.58. The summed E-state index contributed by atoms with van der Waals surface area (Å²) in [5, 5.41) is 9.40. The molecule has 3 heteroatoms. The van der Waals surface area contributed by atoms with Crippen LogP contribution in [0.2, 0.25) is 0 Å². The summed E-state index contributed by atoms with van der Waals surface area (Å²) in [5.41, 5.74) is -0.817. The molecule has 0 amide bonds. The van der Waals surface area contributed by atoms with E-state index in [-0.39, 0.29) is 12.1 Å². The zero-order valence-corrected chi connectivity index (χ0v) is 10.2. The van der Waals surface area contributed by atoms with Crippen LogP contribution >= 0.6 is 0 Å². The van der Waals surface area contributed by atoms with Crippen LogP contribution in [0.1, 0.15) is 53.4 Å². The molecule has 1 rings (SSSR count). The van der Waals surface area contributed by atoms with E-state index in [0.29, 0.717) is 12.8 Å². The molecule has 15 heavy (non-hydrogen) atoms. The van der Waals surface area contributed by atoms with Crippen LogP contribution in [0.3, 0.4) is 0 Å². The smallest absolute Gasteiger partial charge is 0.312 e. The minimum absolute atomic E-state index is 0.123. The van der Waals surface area contributed by atoms with Crippen molar-refractivity contribution in [2.24, 2.45) is 5.41 Å². The summed E-state index contributed by atoms with van der Waals surface area (Å²) in [5.74, 6) is -0.123. The topological polar surface area (TPSA) is 46.5 Å². The summed E-state index contributed by atoms with van der Waals surface area (Å²) >= 11 is 0. The van der Waals surface area contributed by atoms with E-state index >= 15 is 0 Å². The molecule has 0 aromatic carbocycles. The molecule has 1 aliphatic rings. The molecule has 0 bridgehead atoms. The number of ether oxygens (including phenoxy) is 1. The van der Waals surface area contributed by atoms with Crippen molar-refractivity contribution in [3.05, 3.63) is 0 Å². The first-order chi connectivity index (χ1) is 6.73. The lowest BCUT2D eigenvalue weighted by Gasteiger charge is -2.35. The fraction of sp³-hybridized carbons (Fsp3) is 0.917. The van der Waals surface area contributed by atoms with Crippen molar-refractivity contribution in [2.45, 2.75) is 65.1 Å². The van der Waals surface area contributed by atoms with Crippen LogP contribution in [0.15, 0.2) is 0 Å². The summed E-state index contributed by atoms with van der Waals surface area (Å²) in [6, 6.07) is 0. The van der Waals surface area contributed by atoms with E-state index in [1.165, 1.54) is 0 Å². The van der Waals surface area contributed by atoms with Crippen molar-refractivity contribution in [3.63, 3.8) is 0 Å². The molecule has 0 radical (unpaired) electrons. The van der Waals surface area contributed by atoms with Gasteiger partial charge in [-0.2, -0.15) is 0 Å². The normalized spacial score (nSPS) is 32.5. The summed E-state index contributed by atoms with van der Waals surface area (Å²) in [7, 11) is 0. The van der Waals surface area contributed by atoms with Crippen molar-refractivity contribution in [3.8, 4) is 0 Å². The van der Waals surface area contributed by atoms with Crippen LogP contribution < -0.4 is 0 Å². The summed E-state index contributed by atoms with van der Waals surface area (Å²) < 4.78 is 5.39. The number of carbonyl (C=O) groups is 1. The molecule has 1 fully saturated rings. The predicted octanol–water partition coefficient (Wildman–Crippen LogP) is 2.27. The molecular weight excluding hydrogens is 192 g/mol. The second kappa shape index (κ2) is 4.12. The van der Waals surface area contributed by atoms with Gasteiger partial charge in [0.15, 0.2) is 0 Å². The molecule has 0 saturated heterocycles. The number of aliphatic hydroxyl groups is 1. The lowest BCUT2D eigenvalue weighted by Crippen LogP contribution is -2.39. The molecule has 1 N–H and O–H groups in total. The van der Waals surface area contributed by atoms with Crippen LogP contribution in [0.25, 0.3) is 0 Å². The molecule has 3 nitrogen and oxygen atoms in total. The maximum atomic E-state index is 11.9. The monoisotopic (exact) mass is 214 g/mol. The van der Waals surface area contributed by atoms with Gasteiger partial charge in [0.05, 0.1) is 11.5 Å². The highest BCUT2D eigenvalue weighted by molar-refractivity contribution is 5.76. The van der Waals surface area contributed by atoms with E-state index < -0.39 is 11.0 Å². The fourth-order valence-corrected chi connectivity index (χ4v) is 1.85. The highest BCUT2D eigenvalue weighted by Crippen LogP contribution is 2.37. The Morgan fingerprint density at radius 3 is 2.20 bits per heavy atom. The molecule has 1 aliphatic carbocycles. The van der Waals surface area contributed by atoms with E-state index in [0.717, 1.165) is 12.8 Å². The van der Waals surface area contributed by atoms with Gasteiger partial charge in [0.1, 0.15) is 5.60 Å². The lowest BCUT2D eigenvalue weighted by molar-refractivity contribution is -0.169. The Labute approximate surface area is 91.8 Å². The summed E-state index contributed by atoms with van der Waals surface area (Å²) in [6.45, 7) is 7.58. The zero-order chi connectivity index (χ0) is 11.7. The number of hydrogen-bond acceptors (Lipinski definition) is 3. The van der Waals surface area contributed by atoms with Crippen LogP contribution in [0, 0.1) is 5.41 Å². The van der Waals surface area contributed by atoms with Gasteiger partial charge in [0, 0.05) is 0 Å². The maximum absolute atomic E-state index is 11.9. The van der Waals surface area contributed by atoms with E-state index in [9.17, 15) is 9.90 Å². The third-order valence-electron chi connectivity index (χ3n) is 2.95. The second-order valence-electron chi connectivity index (χ2n) is 5.79. The first kappa shape index (κ1) is 12.5. The Kier molecular flexibility index (Phi) is 3.44. The predicted molar refractivity (Wildman–Crippen MR) is 58.4 cm³/mol. The molecule has 0 atom stereocenters. The number of aliphatic hydroxyl groups excluding tert-OH is 1. The average Bonchev–Trinajstić information content (AvgIpc) is 2.07. The van der Waals surface area contributed by atoms with E-state index in [4.69, 9.17) is 4.74 Å². The van der Waals surface area contributed by atoms with Gasteiger partial charge in [-0.1, -0.05) is 0 Å². The first-order valence-corrected chi connectivity index (χ1v) is 5.64. The van der Waals surface area contributed by atoms with Gasteiger partial charge in [0.25, 0.3) is 0 Å². The minimum atomic E-state index is -0.420. The van der Waals surface area contributed by atoms with Gasteiger partial charge in [0.2, 0.25) is 0 Å². The van der Waals surface area contributed by atoms with Gasteiger partial charge in [-0.3, -0.25) is 4.79 Å². The van der Waals surface area contributed by atoms with Crippen LogP contribution in [-0.4, -0.2) is 22.8 Å². The van der Waals surface area contributed by atoms with E-state index in [1.54, 1.807) is 0 Å². The zero-order valence-electron chi connectivity index (χ0n) is 10.2. The standard InChI is InChI=1S/C12H22O3/c1-11(2,3)15-10(14)12(4)7-5-9(13)6-8-12/h9,13H,5-8H2,1-4H3/t9-,12-. The Bertz CT molecular complexity index is 232. The molecule has 0 unspecified atom stereocenters. The molecule has 88 valence electrons. The Hall–Kier alpha value is -0.570. The molecule has 0 aromatic rings. The van der Waals surface area contributed by atoms with Gasteiger partial charge < -0.3 is 9.84 Å². The van der Waals surface area contributed by atoms with E-state index in [2.05, 4.69) is 0 Å². The van der Waals surface area contributed by atoms with Gasteiger partial charge in [-0.25, -0.2) is 0 Å². The minimum Gasteiger partial charge on any atom is -0.460 e. The number of esters is 1. The lowest BCUT2D eigenvalue weighted by atomic mass is 9.74. The highest BCUT2D eigenvalue weighted by atomic mass is 16.6. The van der Waals surface area contributed by atoms with Crippen molar-refractivity contribution in [1.29, 1.82) is 0 Å². The second-order valence-corrected chi connectivity index (χ2v) is 5.79.